The lowest BCUT2D eigenvalue weighted by atomic mass is 10.2. The smallest absolute Gasteiger partial charge is 0.304 e. The number of halogens is 1. The lowest BCUT2D eigenvalue weighted by Gasteiger charge is -2.06. The first-order valence-electron chi connectivity index (χ1n) is 5.68. The second-order valence-corrected chi connectivity index (χ2v) is 5.78. The second-order valence-electron chi connectivity index (χ2n) is 4.09. The van der Waals surface area contributed by atoms with Crippen LogP contribution in [0.15, 0.2) is 26.8 Å². The summed E-state index contributed by atoms with van der Waals surface area (Å²) in [5.74, 6) is 1.51. The van der Waals surface area contributed by atoms with Crippen LogP contribution < -0.4 is 19.7 Å². The highest BCUT2D eigenvalue weighted by Gasteiger charge is 2.17. The fourth-order valence-corrected chi connectivity index (χ4v) is 3.05. The zero-order valence-electron chi connectivity index (χ0n) is 9.86. The topological polar surface area (TPSA) is 63.4 Å². The van der Waals surface area contributed by atoms with Gasteiger partial charge < -0.3 is 19.8 Å². The predicted octanol–water partition coefficient (Wildman–Crippen LogP) is 2.22. The first-order valence-corrected chi connectivity index (χ1v) is 7.35. The van der Waals surface area contributed by atoms with Crippen LogP contribution in [0, 0.1) is 0 Å². The van der Waals surface area contributed by atoms with E-state index in [1.807, 2.05) is 17.5 Å². The second kappa shape index (κ2) is 5.36. The van der Waals surface area contributed by atoms with Crippen LogP contribution >= 0.6 is 27.3 Å². The molecule has 2 aromatic rings. The van der Waals surface area contributed by atoms with Crippen LogP contribution in [0.25, 0.3) is 0 Å². The monoisotopic (exact) mass is 342 g/mol. The third-order valence-corrected chi connectivity index (χ3v) is 4.01. The molecule has 0 saturated carbocycles. The molecule has 2 heterocycles. The Balaban J connectivity index is 1.64. The molecule has 19 heavy (non-hydrogen) atoms. The average molecular weight is 343 g/mol. The normalized spacial score (nSPS) is 12.9. The molecule has 0 amide bonds. The van der Waals surface area contributed by atoms with E-state index < -0.39 is 0 Å². The molecule has 1 aromatic heterocycles. The molecule has 0 radical (unpaired) electrons. The van der Waals surface area contributed by atoms with Gasteiger partial charge in [-0.2, -0.15) is 0 Å². The summed E-state index contributed by atoms with van der Waals surface area (Å²) >= 11 is 4.63. The molecular weight excluding hydrogens is 332 g/mol. The quantitative estimate of drug-likeness (QED) is 0.894. The number of rotatable bonds is 4. The Morgan fingerprint density at radius 1 is 1.37 bits per heavy atom. The first kappa shape index (κ1) is 12.7. The number of nitrogens with one attached hydrogen (secondary N) is 2. The van der Waals surface area contributed by atoms with Crippen LogP contribution in [0.1, 0.15) is 11.3 Å². The van der Waals surface area contributed by atoms with E-state index in [-0.39, 0.29) is 11.7 Å². The molecule has 100 valence electrons. The maximum atomic E-state index is 11.0. The van der Waals surface area contributed by atoms with Gasteiger partial charge in [-0.3, -0.25) is 4.79 Å². The molecule has 0 saturated heterocycles. The maximum absolute atomic E-state index is 11.0. The zero-order valence-corrected chi connectivity index (χ0v) is 12.3. The van der Waals surface area contributed by atoms with Crippen molar-refractivity contribution in [1.29, 1.82) is 0 Å². The standard InChI is InChI=1S/C12H11BrN2O3S/c13-9-1-7(2-10-11(9)18-6-17-10)3-14-4-8-5-19-12(16)15-8/h1-2,5,14H,3-4,6H2,(H,15,16). The summed E-state index contributed by atoms with van der Waals surface area (Å²) in [5, 5.41) is 5.09. The summed E-state index contributed by atoms with van der Waals surface area (Å²) in [6, 6.07) is 3.95. The van der Waals surface area contributed by atoms with E-state index in [1.54, 1.807) is 0 Å². The van der Waals surface area contributed by atoms with Crippen molar-refractivity contribution in [3.63, 3.8) is 0 Å². The Morgan fingerprint density at radius 2 is 2.26 bits per heavy atom. The number of hydrogen-bond donors (Lipinski definition) is 2. The van der Waals surface area contributed by atoms with Crippen molar-refractivity contribution < 1.29 is 9.47 Å². The predicted molar refractivity (Wildman–Crippen MR) is 75.7 cm³/mol. The highest BCUT2D eigenvalue weighted by Crippen LogP contribution is 2.39. The van der Waals surface area contributed by atoms with Gasteiger partial charge in [0.1, 0.15) is 0 Å². The van der Waals surface area contributed by atoms with Crippen LogP contribution in [-0.2, 0) is 13.1 Å². The van der Waals surface area contributed by atoms with Crippen molar-refractivity contribution in [2.45, 2.75) is 13.1 Å². The number of hydrogen-bond acceptors (Lipinski definition) is 5. The van der Waals surface area contributed by atoms with E-state index >= 15 is 0 Å². The third kappa shape index (κ3) is 2.83. The molecule has 1 aliphatic heterocycles. The van der Waals surface area contributed by atoms with Crippen molar-refractivity contribution in [1.82, 2.24) is 10.3 Å². The van der Waals surface area contributed by atoms with Crippen LogP contribution in [0.3, 0.4) is 0 Å². The van der Waals surface area contributed by atoms with Gasteiger partial charge in [0.2, 0.25) is 6.79 Å². The van der Waals surface area contributed by atoms with Crippen molar-refractivity contribution >= 4 is 27.3 Å². The molecule has 0 spiro atoms. The van der Waals surface area contributed by atoms with Crippen molar-refractivity contribution in [3.05, 3.63) is 42.9 Å². The minimum atomic E-state index is -0.0253. The van der Waals surface area contributed by atoms with Crippen molar-refractivity contribution in [3.8, 4) is 11.5 Å². The molecule has 0 bridgehead atoms. The van der Waals surface area contributed by atoms with Gasteiger partial charge >= 0.3 is 4.87 Å². The molecular formula is C12H11BrN2O3S. The SMILES string of the molecule is O=c1[nH]c(CNCc2cc(Br)c3c(c2)OCO3)cs1. The van der Waals surface area contributed by atoms with Gasteiger partial charge in [0.05, 0.1) is 4.47 Å². The lowest BCUT2D eigenvalue weighted by Crippen LogP contribution is -2.13. The molecule has 2 N–H and O–H groups in total. The molecule has 7 heteroatoms. The van der Waals surface area contributed by atoms with Gasteiger partial charge in [-0.1, -0.05) is 11.3 Å². The molecule has 0 aliphatic carbocycles. The van der Waals surface area contributed by atoms with Gasteiger partial charge in [-0.25, -0.2) is 0 Å². The van der Waals surface area contributed by atoms with E-state index in [9.17, 15) is 4.79 Å². The minimum Gasteiger partial charge on any atom is -0.454 e. The number of aromatic amines is 1. The Bertz CT molecular complexity index is 653. The summed E-state index contributed by atoms with van der Waals surface area (Å²) in [4.78, 5) is 13.7. The van der Waals surface area contributed by atoms with E-state index in [4.69, 9.17) is 9.47 Å². The lowest BCUT2D eigenvalue weighted by molar-refractivity contribution is 0.173. The molecule has 1 aromatic carbocycles. The Labute approximate surface area is 121 Å². The van der Waals surface area contributed by atoms with Gasteiger partial charge in [-0.15, -0.1) is 0 Å². The van der Waals surface area contributed by atoms with E-state index in [0.717, 1.165) is 27.2 Å². The van der Waals surface area contributed by atoms with E-state index in [0.29, 0.717) is 13.1 Å². The fraction of sp³-hybridized carbons (Fsp3) is 0.250. The Hall–Kier alpha value is -1.31. The fourth-order valence-electron chi connectivity index (χ4n) is 1.86. The average Bonchev–Trinajstić information content (AvgIpc) is 2.98. The van der Waals surface area contributed by atoms with Crippen molar-refractivity contribution in [2.24, 2.45) is 0 Å². The van der Waals surface area contributed by atoms with E-state index in [1.165, 1.54) is 11.3 Å². The summed E-state index contributed by atoms with van der Waals surface area (Å²) < 4.78 is 11.6. The number of ether oxygens (including phenoxy) is 2. The van der Waals surface area contributed by atoms with Gasteiger partial charge in [0, 0.05) is 24.2 Å². The molecule has 0 atom stereocenters. The highest BCUT2D eigenvalue weighted by atomic mass is 79.9. The number of aromatic nitrogens is 1. The van der Waals surface area contributed by atoms with Crippen molar-refractivity contribution in [2.75, 3.05) is 6.79 Å². The zero-order chi connectivity index (χ0) is 13.2. The minimum absolute atomic E-state index is 0.0253. The van der Waals surface area contributed by atoms with Crippen LogP contribution in [0.5, 0.6) is 11.5 Å². The van der Waals surface area contributed by atoms with Gasteiger partial charge in [0.15, 0.2) is 11.5 Å². The highest BCUT2D eigenvalue weighted by molar-refractivity contribution is 9.10. The number of fused-ring (bicyclic) bond motifs is 1. The first-order chi connectivity index (χ1) is 9.22. The molecule has 3 rings (SSSR count). The van der Waals surface area contributed by atoms with Crippen LogP contribution in [-0.4, -0.2) is 11.8 Å². The molecule has 5 nitrogen and oxygen atoms in total. The summed E-state index contributed by atoms with van der Waals surface area (Å²) in [6.07, 6.45) is 0. The molecule has 0 fully saturated rings. The Kier molecular flexibility index (Phi) is 3.58. The number of benzene rings is 1. The molecule has 0 unspecified atom stereocenters. The van der Waals surface area contributed by atoms with Crippen LogP contribution in [0.2, 0.25) is 0 Å². The van der Waals surface area contributed by atoms with E-state index in [2.05, 4.69) is 26.2 Å². The number of H-pyrrole nitrogens is 1. The largest absolute Gasteiger partial charge is 0.454 e. The van der Waals surface area contributed by atoms with Gasteiger partial charge in [0.25, 0.3) is 0 Å². The maximum Gasteiger partial charge on any atom is 0.304 e. The summed E-state index contributed by atoms with van der Waals surface area (Å²) in [7, 11) is 0. The summed E-state index contributed by atoms with van der Waals surface area (Å²) in [5.41, 5.74) is 1.99. The third-order valence-electron chi connectivity index (χ3n) is 2.70. The Morgan fingerprint density at radius 3 is 3.05 bits per heavy atom. The summed E-state index contributed by atoms with van der Waals surface area (Å²) in [6.45, 7) is 1.58. The van der Waals surface area contributed by atoms with Crippen LogP contribution in [0.4, 0.5) is 0 Å². The number of thiazole rings is 1. The molecule has 1 aliphatic rings. The van der Waals surface area contributed by atoms with Gasteiger partial charge in [-0.05, 0) is 33.6 Å².